The van der Waals surface area contributed by atoms with Crippen molar-refractivity contribution >= 4 is 6.29 Å². The number of carbonyl (C=O) groups is 1. The number of carbonyl (C=O) groups excluding carboxylic acids is 1. The lowest BCUT2D eigenvalue weighted by molar-refractivity contribution is -0.169. The van der Waals surface area contributed by atoms with Crippen LogP contribution in [0.1, 0.15) is 61.0 Å². The lowest BCUT2D eigenvalue weighted by Gasteiger charge is -2.38. The normalized spacial score (nSPS) is 29.9. The highest BCUT2D eigenvalue weighted by atomic mass is 16.7. The Morgan fingerprint density at radius 2 is 1.72 bits per heavy atom. The van der Waals surface area contributed by atoms with E-state index >= 15 is 0 Å². The third kappa shape index (κ3) is 6.61. The van der Waals surface area contributed by atoms with Crippen molar-refractivity contribution in [3.8, 4) is 0 Å². The van der Waals surface area contributed by atoms with Crippen molar-refractivity contribution in [2.75, 3.05) is 13.2 Å². The molecule has 0 radical (unpaired) electrons. The molecule has 2 fully saturated rings. The van der Waals surface area contributed by atoms with Gasteiger partial charge in [-0.2, -0.15) is 0 Å². The number of ether oxygens (including phenoxy) is 4. The Labute approximate surface area is 193 Å². The van der Waals surface area contributed by atoms with Crippen molar-refractivity contribution in [2.45, 2.75) is 103 Å². The molecule has 0 unspecified atom stereocenters. The van der Waals surface area contributed by atoms with E-state index in [4.69, 9.17) is 18.9 Å². The van der Waals surface area contributed by atoms with Crippen molar-refractivity contribution < 1.29 is 23.7 Å². The number of benzene rings is 1. The Balaban J connectivity index is 1.97. The molecule has 6 nitrogen and oxygen atoms in total. The molecule has 2 heterocycles. The van der Waals surface area contributed by atoms with Crippen LogP contribution in [0.25, 0.3) is 0 Å². The molecule has 2 aliphatic heterocycles. The molecule has 6 heteroatoms. The van der Waals surface area contributed by atoms with Crippen LogP contribution in [-0.4, -0.2) is 65.7 Å². The first-order chi connectivity index (χ1) is 14.8. The van der Waals surface area contributed by atoms with Gasteiger partial charge in [-0.15, -0.1) is 0 Å². The van der Waals surface area contributed by atoms with Crippen LogP contribution in [0, 0.1) is 5.92 Å². The average Bonchev–Trinajstić information content (AvgIpc) is 3.15. The summed E-state index contributed by atoms with van der Waals surface area (Å²) in [5.41, 5.74) is 0.477. The highest BCUT2D eigenvalue weighted by Gasteiger charge is 2.53. The van der Waals surface area contributed by atoms with Crippen LogP contribution in [0.2, 0.25) is 0 Å². The van der Waals surface area contributed by atoms with Crippen LogP contribution in [0.5, 0.6) is 0 Å². The molecule has 0 spiro atoms. The fraction of sp³-hybridized carbons (Fsp3) is 0.731. The number of rotatable bonds is 7. The van der Waals surface area contributed by atoms with Gasteiger partial charge in [0.15, 0.2) is 5.79 Å². The first-order valence-corrected chi connectivity index (χ1v) is 11.7. The van der Waals surface area contributed by atoms with E-state index in [2.05, 4.69) is 37.8 Å². The SMILES string of the molecule is CC(C)(C)O[C@H]1[C@H]([C@@H](C=O)[C@H]2COC(C)(C)O2)N(Cc2ccccc2)C[C@@H]1OC(C)(C)C. The van der Waals surface area contributed by atoms with Gasteiger partial charge in [0, 0.05) is 13.1 Å². The van der Waals surface area contributed by atoms with E-state index in [-0.39, 0.29) is 35.6 Å². The number of likely N-dealkylation sites (tertiary alicyclic amines) is 1. The van der Waals surface area contributed by atoms with Gasteiger partial charge in [-0.25, -0.2) is 0 Å². The minimum absolute atomic E-state index is 0.166. The molecule has 32 heavy (non-hydrogen) atoms. The summed E-state index contributed by atoms with van der Waals surface area (Å²) in [6.45, 7) is 17.9. The number of nitrogens with zero attached hydrogens (tertiary/aromatic N) is 1. The summed E-state index contributed by atoms with van der Waals surface area (Å²) < 4.78 is 25.1. The molecule has 0 saturated carbocycles. The van der Waals surface area contributed by atoms with Crippen LogP contribution in [0.3, 0.4) is 0 Å². The summed E-state index contributed by atoms with van der Waals surface area (Å²) in [5.74, 6) is -1.10. The van der Waals surface area contributed by atoms with Gasteiger partial charge in [-0.1, -0.05) is 30.3 Å². The molecule has 0 N–H and O–H groups in total. The van der Waals surface area contributed by atoms with Crippen LogP contribution in [0.15, 0.2) is 30.3 Å². The zero-order chi connectivity index (χ0) is 23.7. The van der Waals surface area contributed by atoms with Crippen LogP contribution in [-0.2, 0) is 30.3 Å². The van der Waals surface area contributed by atoms with E-state index < -0.39 is 11.7 Å². The maximum atomic E-state index is 12.5. The van der Waals surface area contributed by atoms with Gasteiger partial charge in [0.2, 0.25) is 0 Å². The zero-order valence-electron chi connectivity index (χ0n) is 21.0. The van der Waals surface area contributed by atoms with Gasteiger partial charge in [0.1, 0.15) is 12.4 Å². The second kappa shape index (κ2) is 9.51. The van der Waals surface area contributed by atoms with Crippen molar-refractivity contribution in [2.24, 2.45) is 5.92 Å². The van der Waals surface area contributed by atoms with E-state index in [0.29, 0.717) is 19.7 Å². The van der Waals surface area contributed by atoms with Gasteiger partial charge in [-0.05, 0) is 61.0 Å². The molecule has 0 bridgehead atoms. The van der Waals surface area contributed by atoms with Crippen molar-refractivity contribution in [3.05, 3.63) is 35.9 Å². The first kappa shape index (κ1) is 25.3. The van der Waals surface area contributed by atoms with E-state index in [0.717, 1.165) is 6.29 Å². The van der Waals surface area contributed by atoms with Crippen LogP contribution in [0.4, 0.5) is 0 Å². The molecule has 1 aromatic rings. The smallest absolute Gasteiger partial charge is 0.163 e. The highest BCUT2D eigenvalue weighted by molar-refractivity contribution is 5.56. The topological polar surface area (TPSA) is 57.2 Å². The van der Waals surface area contributed by atoms with Gasteiger partial charge >= 0.3 is 0 Å². The van der Waals surface area contributed by atoms with Crippen LogP contribution >= 0.6 is 0 Å². The largest absolute Gasteiger partial charge is 0.369 e. The minimum Gasteiger partial charge on any atom is -0.369 e. The van der Waals surface area contributed by atoms with Gasteiger partial charge in [0.05, 0.1) is 42.0 Å². The second-order valence-corrected chi connectivity index (χ2v) is 11.4. The van der Waals surface area contributed by atoms with Crippen LogP contribution < -0.4 is 0 Å². The molecule has 3 rings (SSSR count). The maximum Gasteiger partial charge on any atom is 0.163 e. The summed E-state index contributed by atoms with van der Waals surface area (Å²) in [4.78, 5) is 14.9. The van der Waals surface area contributed by atoms with E-state index in [1.165, 1.54) is 5.56 Å². The Hall–Kier alpha value is -1.31. The van der Waals surface area contributed by atoms with Gasteiger partial charge in [0.25, 0.3) is 0 Å². The molecule has 0 amide bonds. The molecule has 1 aromatic carbocycles. The molecular weight excluding hydrogens is 406 g/mol. The first-order valence-electron chi connectivity index (χ1n) is 11.7. The fourth-order valence-corrected chi connectivity index (χ4v) is 4.74. The fourth-order valence-electron chi connectivity index (χ4n) is 4.74. The lowest BCUT2D eigenvalue weighted by Crippen LogP contribution is -2.51. The summed E-state index contributed by atoms with van der Waals surface area (Å²) in [5, 5.41) is 0. The van der Waals surface area contributed by atoms with Crippen molar-refractivity contribution in [1.82, 2.24) is 4.90 Å². The van der Waals surface area contributed by atoms with Gasteiger partial charge < -0.3 is 23.7 Å². The Morgan fingerprint density at radius 3 is 2.22 bits per heavy atom. The average molecular weight is 448 g/mol. The van der Waals surface area contributed by atoms with E-state index in [1.807, 2.05) is 52.8 Å². The highest BCUT2D eigenvalue weighted by Crippen LogP contribution is 2.38. The summed E-state index contributed by atoms with van der Waals surface area (Å²) in [6, 6.07) is 10.1. The number of aldehydes is 1. The third-order valence-electron chi connectivity index (χ3n) is 5.77. The number of hydrogen-bond donors (Lipinski definition) is 0. The maximum absolute atomic E-state index is 12.5. The monoisotopic (exact) mass is 447 g/mol. The predicted octanol–water partition coefficient (Wildman–Crippen LogP) is 4.20. The van der Waals surface area contributed by atoms with E-state index in [9.17, 15) is 4.79 Å². The van der Waals surface area contributed by atoms with Crippen molar-refractivity contribution in [3.63, 3.8) is 0 Å². The quantitative estimate of drug-likeness (QED) is 0.584. The Morgan fingerprint density at radius 1 is 1.09 bits per heavy atom. The van der Waals surface area contributed by atoms with E-state index in [1.54, 1.807) is 0 Å². The molecular formula is C26H41NO5. The molecule has 2 saturated heterocycles. The lowest BCUT2D eigenvalue weighted by atomic mass is 9.90. The zero-order valence-corrected chi connectivity index (χ0v) is 21.0. The van der Waals surface area contributed by atoms with Gasteiger partial charge in [-0.3, -0.25) is 4.90 Å². The predicted molar refractivity (Wildman–Crippen MR) is 124 cm³/mol. The standard InChI is InChI=1S/C26H41NO5/c1-24(2,3)30-20-15-27(14-18-12-10-9-11-13-18)22(23(20)32-25(4,5)6)19(16-28)21-17-29-26(7,8)31-21/h9-13,16,19-23H,14-15,17H2,1-8H3/t19-,20-,21+,22-,23+/m0/s1. The second-order valence-electron chi connectivity index (χ2n) is 11.4. The minimum atomic E-state index is -0.698. The summed E-state index contributed by atoms with van der Waals surface area (Å²) in [6.07, 6.45) is 0.253. The molecule has 180 valence electrons. The number of hydrogen-bond acceptors (Lipinski definition) is 6. The Bertz CT molecular complexity index is 752. The summed E-state index contributed by atoms with van der Waals surface area (Å²) in [7, 11) is 0. The van der Waals surface area contributed by atoms with Crippen molar-refractivity contribution in [1.29, 1.82) is 0 Å². The third-order valence-corrected chi connectivity index (χ3v) is 5.77. The molecule has 0 aromatic heterocycles. The molecule has 0 aliphatic carbocycles. The molecule has 2 aliphatic rings. The summed E-state index contributed by atoms with van der Waals surface area (Å²) >= 11 is 0. The molecule has 5 atom stereocenters. The Kier molecular flexibility index (Phi) is 7.52.